The quantitative estimate of drug-likeness (QED) is 0.184. The van der Waals surface area contributed by atoms with Crippen LogP contribution < -0.4 is 0 Å². The minimum Gasteiger partial charge on any atom is -0.248 e. The molecule has 4 aromatic carbocycles. The van der Waals surface area contributed by atoms with Gasteiger partial charge in [-0.25, -0.2) is 4.98 Å². The zero-order valence-electron chi connectivity index (χ0n) is 32.4. The van der Waals surface area contributed by atoms with Crippen molar-refractivity contribution < 1.29 is 0 Å². The molecule has 0 bridgehead atoms. The van der Waals surface area contributed by atoms with Gasteiger partial charge in [-0.15, -0.1) is 0 Å². The molecule has 2 aliphatic rings. The van der Waals surface area contributed by atoms with Crippen LogP contribution in [0.2, 0.25) is 0 Å². The van der Waals surface area contributed by atoms with Crippen LogP contribution in [0.15, 0.2) is 157 Å². The second-order valence-electron chi connectivity index (χ2n) is 16.5. The maximum absolute atomic E-state index is 5.40. The van der Waals surface area contributed by atoms with Crippen molar-refractivity contribution in [3.63, 3.8) is 0 Å². The van der Waals surface area contributed by atoms with Crippen molar-refractivity contribution in [2.45, 2.75) is 73.1 Å². The molecule has 1 unspecified atom stereocenters. The van der Waals surface area contributed by atoms with E-state index >= 15 is 0 Å². The minimum atomic E-state index is -0.535. The summed E-state index contributed by atoms with van der Waals surface area (Å²) in [4.78, 5) is 5.40. The Balaban J connectivity index is 1.53. The molecule has 1 aromatic heterocycles. The van der Waals surface area contributed by atoms with Crippen molar-refractivity contribution in [2.24, 2.45) is 5.41 Å². The molecule has 1 heterocycles. The maximum atomic E-state index is 5.40. The Labute approximate surface area is 311 Å². The van der Waals surface area contributed by atoms with Crippen LogP contribution in [0.5, 0.6) is 0 Å². The smallest absolute Gasteiger partial charge is 0.0716 e. The first-order chi connectivity index (χ1) is 24.8. The van der Waals surface area contributed by atoms with Crippen LogP contribution in [-0.4, -0.2) is 4.98 Å². The van der Waals surface area contributed by atoms with Crippen molar-refractivity contribution in [3.05, 3.63) is 190 Å². The van der Waals surface area contributed by atoms with E-state index in [-0.39, 0.29) is 10.8 Å². The normalized spacial score (nSPS) is 19.8. The summed E-state index contributed by atoms with van der Waals surface area (Å²) in [7, 11) is 0. The van der Waals surface area contributed by atoms with Crippen LogP contribution in [0.25, 0.3) is 39.1 Å². The summed E-state index contributed by atoms with van der Waals surface area (Å²) < 4.78 is 0. The van der Waals surface area contributed by atoms with Crippen molar-refractivity contribution in [3.8, 4) is 22.4 Å². The summed E-state index contributed by atoms with van der Waals surface area (Å²) in [6, 6.07) is 41.8. The summed E-state index contributed by atoms with van der Waals surface area (Å²) in [6.45, 7) is 25.5. The lowest BCUT2D eigenvalue weighted by atomic mass is 9.69. The van der Waals surface area contributed by atoms with Crippen molar-refractivity contribution in [1.29, 1.82) is 0 Å². The maximum Gasteiger partial charge on any atom is 0.0716 e. The number of nitrogens with zero attached hydrogens (tertiary/aromatic N) is 1. The SMILES string of the molecule is C=C1/C(=C\C=C(/C)C(C)(C)C)c2ccc(C(C)(C)C)cc2C12C(=C/C)/C(=C(\C)c1cc(-c3ccccc3)cc(-c3ccccc3)n1)c1ccccc12. The first-order valence-electron chi connectivity index (χ1n) is 18.6. The van der Waals surface area contributed by atoms with Gasteiger partial charge >= 0.3 is 0 Å². The zero-order chi connectivity index (χ0) is 37.0. The van der Waals surface area contributed by atoms with E-state index in [1.807, 2.05) is 0 Å². The molecule has 0 amide bonds. The molecular weight excluding hydrogens is 627 g/mol. The van der Waals surface area contributed by atoms with Gasteiger partial charge in [0.15, 0.2) is 0 Å². The number of rotatable bonds is 4. The van der Waals surface area contributed by atoms with Gasteiger partial charge < -0.3 is 0 Å². The fourth-order valence-corrected chi connectivity index (χ4v) is 8.02. The number of benzene rings is 4. The highest BCUT2D eigenvalue weighted by Crippen LogP contribution is 2.65. The van der Waals surface area contributed by atoms with Crippen LogP contribution in [0.4, 0.5) is 0 Å². The van der Waals surface area contributed by atoms with E-state index in [1.165, 1.54) is 55.7 Å². The van der Waals surface area contributed by atoms with Crippen LogP contribution in [0.3, 0.4) is 0 Å². The average Bonchev–Trinajstić information content (AvgIpc) is 3.58. The molecule has 260 valence electrons. The molecule has 0 radical (unpaired) electrons. The molecule has 2 aliphatic carbocycles. The Bertz CT molecular complexity index is 2270. The lowest BCUT2D eigenvalue weighted by Crippen LogP contribution is -2.26. The van der Waals surface area contributed by atoms with E-state index in [4.69, 9.17) is 11.6 Å². The number of pyridine rings is 1. The van der Waals surface area contributed by atoms with Crippen LogP contribution in [-0.2, 0) is 10.8 Å². The fourth-order valence-electron chi connectivity index (χ4n) is 8.02. The highest BCUT2D eigenvalue weighted by Gasteiger charge is 2.54. The summed E-state index contributed by atoms with van der Waals surface area (Å²) >= 11 is 0. The lowest BCUT2D eigenvalue weighted by molar-refractivity contribution is 0.504. The summed E-state index contributed by atoms with van der Waals surface area (Å²) in [6.07, 6.45) is 6.98. The van der Waals surface area contributed by atoms with Crippen LogP contribution >= 0.6 is 0 Å². The zero-order valence-corrected chi connectivity index (χ0v) is 32.4. The third-order valence-electron chi connectivity index (χ3n) is 11.4. The van der Waals surface area contributed by atoms with E-state index in [9.17, 15) is 0 Å². The van der Waals surface area contributed by atoms with Gasteiger partial charge in [0.25, 0.3) is 0 Å². The Morgan fingerprint density at radius 1 is 0.673 bits per heavy atom. The number of hydrogen-bond acceptors (Lipinski definition) is 1. The van der Waals surface area contributed by atoms with Crippen LogP contribution in [0, 0.1) is 5.41 Å². The Kier molecular flexibility index (Phi) is 8.82. The monoisotopic (exact) mass is 677 g/mol. The first kappa shape index (κ1) is 35.1. The molecule has 52 heavy (non-hydrogen) atoms. The predicted molar refractivity (Wildman–Crippen MR) is 224 cm³/mol. The van der Waals surface area contributed by atoms with Gasteiger partial charge in [0.1, 0.15) is 0 Å². The van der Waals surface area contributed by atoms with E-state index in [0.29, 0.717) is 0 Å². The van der Waals surface area contributed by atoms with Crippen molar-refractivity contribution in [2.75, 3.05) is 0 Å². The molecule has 0 aliphatic heterocycles. The molecule has 0 N–H and O–H groups in total. The standard InChI is InChI=1S/C51H51N/c1-11-43-48(34(3)46-30-38(36-20-14-12-15-21-36)31-47(52-46)37-22-16-13-17-23-37)42-24-18-19-25-44(42)51(43)35(4)40(28-26-33(2)49(5,6)7)41-29-27-39(32-45(41)51)50(8,9)10/h11-32H,4H2,1-3,5-10H3/b33-26+,40-28+,43-11+,48-34+. The van der Waals surface area contributed by atoms with E-state index in [1.54, 1.807) is 0 Å². The molecule has 1 atom stereocenters. The lowest BCUT2D eigenvalue weighted by Gasteiger charge is -2.32. The molecule has 0 saturated heterocycles. The highest BCUT2D eigenvalue weighted by atomic mass is 14.7. The Hall–Kier alpha value is -5.27. The molecule has 5 aromatic rings. The van der Waals surface area contributed by atoms with E-state index in [0.717, 1.165) is 33.7 Å². The van der Waals surface area contributed by atoms with Crippen molar-refractivity contribution in [1.82, 2.24) is 4.98 Å². The first-order valence-corrected chi connectivity index (χ1v) is 18.6. The van der Waals surface area contributed by atoms with Gasteiger partial charge in [-0.1, -0.05) is 175 Å². The van der Waals surface area contributed by atoms with Gasteiger partial charge in [-0.05, 0) is 111 Å². The molecule has 1 heteroatoms. The molecular formula is C51H51N. The van der Waals surface area contributed by atoms with Gasteiger partial charge in [0.05, 0.1) is 16.8 Å². The van der Waals surface area contributed by atoms with Gasteiger partial charge in [-0.2, -0.15) is 0 Å². The molecule has 0 fully saturated rings. The van der Waals surface area contributed by atoms with Gasteiger partial charge in [0, 0.05) is 5.56 Å². The topological polar surface area (TPSA) is 12.9 Å². The second-order valence-corrected chi connectivity index (χ2v) is 16.5. The fraction of sp³-hybridized carbons (Fsp3) is 0.235. The number of aromatic nitrogens is 1. The van der Waals surface area contributed by atoms with Crippen LogP contribution in [0.1, 0.15) is 95.8 Å². The largest absolute Gasteiger partial charge is 0.248 e. The average molecular weight is 678 g/mol. The Morgan fingerprint density at radius 2 is 1.31 bits per heavy atom. The molecule has 1 nitrogen and oxygen atoms in total. The number of allylic oxidation sites excluding steroid dienone is 9. The molecule has 1 spiro atoms. The van der Waals surface area contributed by atoms with Crippen molar-refractivity contribution >= 4 is 16.7 Å². The van der Waals surface area contributed by atoms with E-state index in [2.05, 4.69) is 196 Å². The number of fused-ring (bicyclic) bond motifs is 4. The second kappa shape index (κ2) is 13.1. The minimum absolute atomic E-state index is 0.00875. The third kappa shape index (κ3) is 5.77. The van der Waals surface area contributed by atoms with Gasteiger partial charge in [-0.3, -0.25) is 0 Å². The third-order valence-corrected chi connectivity index (χ3v) is 11.4. The molecule has 0 saturated carbocycles. The predicted octanol–water partition coefficient (Wildman–Crippen LogP) is 13.8. The summed E-state index contributed by atoms with van der Waals surface area (Å²) in [5.41, 5.74) is 18.7. The Morgan fingerprint density at radius 3 is 1.94 bits per heavy atom. The summed E-state index contributed by atoms with van der Waals surface area (Å²) in [5.74, 6) is 0. The van der Waals surface area contributed by atoms with E-state index < -0.39 is 5.41 Å². The van der Waals surface area contributed by atoms with Gasteiger partial charge in [0.2, 0.25) is 0 Å². The highest BCUT2D eigenvalue weighted by molar-refractivity contribution is 6.09. The number of hydrogen-bond donors (Lipinski definition) is 0. The summed E-state index contributed by atoms with van der Waals surface area (Å²) in [5, 5.41) is 0. The molecule has 7 rings (SSSR count).